The van der Waals surface area contributed by atoms with Crippen LogP contribution in [0.5, 0.6) is 0 Å². The maximum Gasteiger partial charge on any atom is 0.0897 e. The molecule has 4 heteroatoms. The van der Waals surface area contributed by atoms with Crippen molar-refractivity contribution in [3.05, 3.63) is 45.9 Å². The second-order valence-electron chi connectivity index (χ2n) is 3.56. The fraction of sp³-hybridized carbons (Fsp3) is 0.250. The summed E-state index contributed by atoms with van der Waals surface area (Å²) < 4.78 is 0. The highest BCUT2D eigenvalue weighted by Gasteiger charge is 1.98. The standard InChI is InChI=1S/C12H14N2OS/c1-9-13-6-12(16-9)7-14-11-4-2-3-10(5-11)8-15/h2-6,14-15H,7-8H2,1H3. The molecular formula is C12H14N2OS. The topological polar surface area (TPSA) is 45.2 Å². The molecule has 2 rings (SSSR count). The number of rotatable bonds is 4. The Morgan fingerprint density at radius 3 is 3.00 bits per heavy atom. The molecule has 0 bridgehead atoms. The van der Waals surface area contributed by atoms with E-state index in [0.29, 0.717) is 0 Å². The minimum Gasteiger partial charge on any atom is -0.392 e. The lowest BCUT2D eigenvalue weighted by Crippen LogP contribution is -1.97. The van der Waals surface area contributed by atoms with Gasteiger partial charge >= 0.3 is 0 Å². The van der Waals surface area contributed by atoms with Gasteiger partial charge in [-0.25, -0.2) is 4.98 Å². The van der Waals surface area contributed by atoms with E-state index in [1.807, 2.05) is 37.4 Å². The first-order chi connectivity index (χ1) is 7.78. The molecule has 0 atom stereocenters. The van der Waals surface area contributed by atoms with Gasteiger partial charge < -0.3 is 10.4 Å². The minimum absolute atomic E-state index is 0.0786. The van der Waals surface area contributed by atoms with Crippen LogP contribution in [-0.2, 0) is 13.2 Å². The largest absolute Gasteiger partial charge is 0.392 e. The second kappa shape index (κ2) is 5.09. The van der Waals surface area contributed by atoms with Crippen molar-refractivity contribution in [2.45, 2.75) is 20.1 Å². The van der Waals surface area contributed by atoms with Crippen molar-refractivity contribution in [3.8, 4) is 0 Å². The molecule has 0 aliphatic carbocycles. The van der Waals surface area contributed by atoms with Gasteiger partial charge in [0.05, 0.1) is 18.2 Å². The van der Waals surface area contributed by atoms with Crippen LogP contribution in [0, 0.1) is 6.92 Å². The number of hydrogen-bond acceptors (Lipinski definition) is 4. The first-order valence-electron chi connectivity index (χ1n) is 5.13. The Kier molecular flexibility index (Phi) is 3.54. The Hall–Kier alpha value is -1.39. The van der Waals surface area contributed by atoms with E-state index in [4.69, 9.17) is 5.11 Å². The minimum atomic E-state index is 0.0786. The number of aromatic nitrogens is 1. The molecule has 2 N–H and O–H groups in total. The van der Waals surface area contributed by atoms with Gasteiger partial charge in [-0.3, -0.25) is 0 Å². The summed E-state index contributed by atoms with van der Waals surface area (Å²) in [6, 6.07) is 7.79. The molecular weight excluding hydrogens is 220 g/mol. The Morgan fingerprint density at radius 2 is 2.31 bits per heavy atom. The van der Waals surface area contributed by atoms with Crippen LogP contribution in [0.1, 0.15) is 15.4 Å². The van der Waals surface area contributed by atoms with Gasteiger partial charge in [0.2, 0.25) is 0 Å². The number of aliphatic hydroxyl groups is 1. The van der Waals surface area contributed by atoms with Crippen molar-refractivity contribution in [2.24, 2.45) is 0 Å². The maximum atomic E-state index is 9.01. The van der Waals surface area contributed by atoms with Crippen molar-refractivity contribution >= 4 is 17.0 Å². The van der Waals surface area contributed by atoms with Crippen LogP contribution in [0.4, 0.5) is 5.69 Å². The smallest absolute Gasteiger partial charge is 0.0897 e. The van der Waals surface area contributed by atoms with Gasteiger partial charge in [0.25, 0.3) is 0 Å². The van der Waals surface area contributed by atoms with Gasteiger partial charge in [0.1, 0.15) is 0 Å². The molecule has 2 aromatic rings. The first-order valence-corrected chi connectivity index (χ1v) is 5.94. The molecule has 0 spiro atoms. The number of aliphatic hydroxyl groups excluding tert-OH is 1. The van der Waals surface area contributed by atoms with Gasteiger partial charge in [-0.05, 0) is 24.6 Å². The molecule has 0 aliphatic rings. The molecule has 0 saturated heterocycles. The highest BCUT2D eigenvalue weighted by molar-refractivity contribution is 7.11. The lowest BCUT2D eigenvalue weighted by atomic mass is 10.2. The van der Waals surface area contributed by atoms with E-state index in [0.717, 1.165) is 22.8 Å². The predicted octanol–water partition coefficient (Wildman–Crippen LogP) is 2.56. The average Bonchev–Trinajstić information content (AvgIpc) is 2.73. The summed E-state index contributed by atoms with van der Waals surface area (Å²) in [5, 5.41) is 13.4. The lowest BCUT2D eigenvalue weighted by Gasteiger charge is -2.05. The maximum absolute atomic E-state index is 9.01. The Bertz CT molecular complexity index is 468. The molecule has 0 amide bonds. The second-order valence-corrected chi connectivity index (χ2v) is 4.88. The zero-order valence-electron chi connectivity index (χ0n) is 9.10. The van der Waals surface area contributed by atoms with Crippen LogP contribution >= 0.6 is 11.3 Å². The zero-order chi connectivity index (χ0) is 11.4. The molecule has 1 aromatic heterocycles. The van der Waals surface area contributed by atoms with Crippen LogP contribution in [0.15, 0.2) is 30.5 Å². The van der Waals surface area contributed by atoms with Crippen LogP contribution in [-0.4, -0.2) is 10.1 Å². The van der Waals surface area contributed by atoms with E-state index in [2.05, 4.69) is 10.3 Å². The first kappa shape index (κ1) is 11.1. The molecule has 84 valence electrons. The molecule has 16 heavy (non-hydrogen) atoms. The van der Waals surface area contributed by atoms with Crippen molar-refractivity contribution in [1.29, 1.82) is 0 Å². The van der Waals surface area contributed by atoms with Crippen LogP contribution in [0.25, 0.3) is 0 Å². The molecule has 0 radical (unpaired) electrons. The highest BCUT2D eigenvalue weighted by atomic mass is 32.1. The highest BCUT2D eigenvalue weighted by Crippen LogP contribution is 2.15. The number of nitrogens with one attached hydrogen (secondary N) is 1. The molecule has 0 unspecified atom stereocenters. The van der Waals surface area contributed by atoms with Gasteiger partial charge in [-0.1, -0.05) is 12.1 Å². The third-order valence-electron chi connectivity index (χ3n) is 2.25. The molecule has 0 fully saturated rings. The van der Waals surface area contributed by atoms with Gasteiger partial charge in [-0.15, -0.1) is 11.3 Å². The van der Waals surface area contributed by atoms with Crippen LogP contribution in [0.2, 0.25) is 0 Å². The third-order valence-corrected chi connectivity index (χ3v) is 3.16. The van der Waals surface area contributed by atoms with Gasteiger partial charge in [0.15, 0.2) is 0 Å². The Balaban J connectivity index is 1.99. The average molecular weight is 234 g/mol. The molecule has 3 nitrogen and oxygen atoms in total. The summed E-state index contributed by atoms with van der Waals surface area (Å²) in [7, 11) is 0. The van der Waals surface area contributed by atoms with Crippen LogP contribution in [0.3, 0.4) is 0 Å². The number of hydrogen-bond donors (Lipinski definition) is 2. The van der Waals surface area contributed by atoms with Crippen molar-refractivity contribution < 1.29 is 5.11 Å². The summed E-state index contributed by atoms with van der Waals surface area (Å²) in [6.45, 7) is 2.86. The molecule has 1 aromatic carbocycles. The SMILES string of the molecule is Cc1ncc(CNc2cccc(CO)c2)s1. The van der Waals surface area contributed by atoms with E-state index >= 15 is 0 Å². The van der Waals surface area contributed by atoms with Gasteiger partial charge in [-0.2, -0.15) is 0 Å². The van der Waals surface area contributed by atoms with Gasteiger partial charge in [0, 0.05) is 16.8 Å². The quantitative estimate of drug-likeness (QED) is 0.854. The van der Waals surface area contributed by atoms with E-state index in [-0.39, 0.29) is 6.61 Å². The van der Waals surface area contributed by atoms with Crippen LogP contribution < -0.4 is 5.32 Å². The summed E-state index contributed by atoms with van der Waals surface area (Å²) in [5.74, 6) is 0. The summed E-state index contributed by atoms with van der Waals surface area (Å²) >= 11 is 1.69. The van der Waals surface area contributed by atoms with Crippen molar-refractivity contribution in [3.63, 3.8) is 0 Å². The fourth-order valence-electron chi connectivity index (χ4n) is 1.46. The number of nitrogens with zero attached hydrogens (tertiary/aromatic N) is 1. The monoisotopic (exact) mass is 234 g/mol. The zero-order valence-corrected chi connectivity index (χ0v) is 9.92. The number of thiazole rings is 1. The predicted molar refractivity (Wildman–Crippen MR) is 66.5 cm³/mol. The van der Waals surface area contributed by atoms with E-state index in [1.54, 1.807) is 11.3 Å². The van der Waals surface area contributed by atoms with E-state index in [1.165, 1.54) is 4.88 Å². The summed E-state index contributed by atoms with van der Waals surface area (Å²) in [4.78, 5) is 5.42. The number of benzene rings is 1. The molecule has 0 saturated carbocycles. The number of anilines is 1. The summed E-state index contributed by atoms with van der Waals surface area (Å²) in [6.07, 6.45) is 1.89. The van der Waals surface area contributed by atoms with Crippen molar-refractivity contribution in [1.82, 2.24) is 4.98 Å². The van der Waals surface area contributed by atoms with E-state index < -0.39 is 0 Å². The Morgan fingerprint density at radius 1 is 1.44 bits per heavy atom. The van der Waals surface area contributed by atoms with E-state index in [9.17, 15) is 0 Å². The molecule has 1 heterocycles. The third kappa shape index (κ3) is 2.81. The van der Waals surface area contributed by atoms with Crippen molar-refractivity contribution in [2.75, 3.05) is 5.32 Å². The molecule has 0 aliphatic heterocycles. The lowest BCUT2D eigenvalue weighted by molar-refractivity contribution is 0.282. The normalized spacial score (nSPS) is 10.4. The summed E-state index contributed by atoms with van der Waals surface area (Å²) in [5.41, 5.74) is 1.95. The fourth-order valence-corrected chi connectivity index (χ4v) is 2.19. The Labute approximate surface area is 98.8 Å². The number of aryl methyl sites for hydroxylation is 1.